The minimum Gasteiger partial charge on any atom is -0.380 e. The molecule has 2 heterocycles. The molecule has 0 bridgehead atoms. The van der Waals surface area contributed by atoms with Crippen LogP contribution in [0.15, 0.2) is 24.5 Å². The maximum absolute atomic E-state index is 12.3. The lowest BCUT2D eigenvalue weighted by Gasteiger charge is -2.32. The maximum atomic E-state index is 12.3. The van der Waals surface area contributed by atoms with Crippen LogP contribution in [-0.2, 0) is 20.9 Å². The van der Waals surface area contributed by atoms with E-state index in [1.807, 2.05) is 19.1 Å². The van der Waals surface area contributed by atoms with E-state index in [2.05, 4.69) is 15.6 Å². The van der Waals surface area contributed by atoms with Crippen LogP contribution in [0.4, 0.5) is 0 Å². The van der Waals surface area contributed by atoms with E-state index in [-0.39, 0.29) is 30.6 Å². The first kappa shape index (κ1) is 20.3. The van der Waals surface area contributed by atoms with E-state index in [9.17, 15) is 9.59 Å². The number of aromatic nitrogens is 1. The molecule has 1 aliphatic rings. The number of ether oxygens (including phenoxy) is 1. The third-order valence-corrected chi connectivity index (χ3v) is 3.69. The molecule has 2 amide bonds. The molecule has 7 nitrogen and oxygen atoms in total. The van der Waals surface area contributed by atoms with Gasteiger partial charge >= 0.3 is 0 Å². The van der Waals surface area contributed by atoms with Crippen molar-refractivity contribution in [3.8, 4) is 0 Å². The molecule has 1 unspecified atom stereocenters. The Labute approximate surface area is 148 Å². The van der Waals surface area contributed by atoms with Crippen LogP contribution in [0.25, 0.3) is 0 Å². The number of amides is 2. The Kier molecular flexibility index (Phi) is 9.29. The van der Waals surface area contributed by atoms with Crippen LogP contribution in [0.3, 0.4) is 0 Å². The quantitative estimate of drug-likeness (QED) is 0.656. The van der Waals surface area contributed by atoms with Gasteiger partial charge in [-0.3, -0.25) is 14.6 Å². The molecular weight excluding hydrogens is 332 g/mol. The van der Waals surface area contributed by atoms with Crippen molar-refractivity contribution in [1.82, 2.24) is 20.5 Å². The second kappa shape index (κ2) is 11.0. The standard InChI is InChI=1S/C16H24N4O3.ClH/c1-2-23-9-8-20-7-6-18-14(16(20)22)10-15(21)19-12-13-4-3-5-17-11-13;/h3-5,11,14,18H,2,6-10,12H2,1H3,(H,19,21);1H. The van der Waals surface area contributed by atoms with E-state index in [1.165, 1.54) is 0 Å². The minimum absolute atomic E-state index is 0. The van der Waals surface area contributed by atoms with E-state index >= 15 is 0 Å². The first-order valence-electron chi connectivity index (χ1n) is 7.96. The molecule has 8 heteroatoms. The zero-order chi connectivity index (χ0) is 16.5. The van der Waals surface area contributed by atoms with Gasteiger partial charge in [0, 0.05) is 45.2 Å². The molecule has 24 heavy (non-hydrogen) atoms. The molecule has 0 spiro atoms. The van der Waals surface area contributed by atoms with Crippen LogP contribution in [-0.4, -0.2) is 60.6 Å². The number of hydrogen-bond donors (Lipinski definition) is 2. The highest BCUT2D eigenvalue weighted by Gasteiger charge is 2.29. The van der Waals surface area contributed by atoms with E-state index in [1.54, 1.807) is 17.3 Å². The fourth-order valence-electron chi connectivity index (χ4n) is 2.45. The van der Waals surface area contributed by atoms with Gasteiger partial charge < -0.3 is 20.3 Å². The molecule has 1 saturated heterocycles. The van der Waals surface area contributed by atoms with Gasteiger partial charge in [0.2, 0.25) is 11.8 Å². The molecule has 1 aliphatic heterocycles. The summed E-state index contributed by atoms with van der Waals surface area (Å²) in [5.74, 6) is -0.182. The molecule has 1 aromatic rings. The zero-order valence-electron chi connectivity index (χ0n) is 13.9. The highest BCUT2D eigenvalue weighted by Crippen LogP contribution is 2.05. The maximum Gasteiger partial charge on any atom is 0.240 e. The number of hydrogen-bond acceptors (Lipinski definition) is 5. The molecule has 0 saturated carbocycles. The number of rotatable bonds is 8. The summed E-state index contributed by atoms with van der Waals surface area (Å²) in [6.45, 7) is 5.43. The molecule has 0 radical (unpaired) electrons. The van der Waals surface area contributed by atoms with E-state index in [4.69, 9.17) is 4.74 Å². The van der Waals surface area contributed by atoms with Gasteiger partial charge in [0.15, 0.2) is 0 Å². The van der Waals surface area contributed by atoms with Gasteiger partial charge in [-0.05, 0) is 18.6 Å². The van der Waals surface area contributed by atoms with Crippen LogP contribution < -0.4 is 10.6 Å². The summed E-state index contributed by atoms with van der Waals surface area (Å²) in [5.41, 5.74) is 0.933. The van der Waals surface area contributed by atoms with Crippen LogP contribution in [0, 0.1) is 0 Å². The Balaban J connectivity index is 0.00000288. The third-order valence-electron chi connectivity index (χ3n) is 3.69. The van der Waals surface area contributed by atoms with Crippen molar-refractivity contribution < 1.29 is 14.3 Å². The van der Waals surface area contributed by atoms with Gasteiger partial charge in [-0.25, -0.2) is 0 Å². The third kappa shape index (κ3) is 6.43. The number of carbonyl (C=O) groups is 2. The van der Waals surface area contributed by atoms with Crippen molar-refractivity contribution in [2.75, 3.05) is 32.8 Å². The number of nitrogens with one attached hydrogen (secondary N) is 2. The fourth-order valence-corrected chi connectivity index (χ4v) is 2.45. The molecular formula is C16H25ClN4O3. The molecule has 1 atom stereocenters. The lowest BCUT2D eigenvalue weighted by Crippen LogP contribution is -2.56. The minimum atomic E-state index is -0.459. The van der Waals surface area contributed by atoms with Crippen molar-refractivity contribution in [3.63, 3.8) is 0 Å². The lowest BCUT2D eigenvalue weighted by molar-refractivity contribution is -0.138. The second-order valence-corrected chi connectivity index (χ2v) is 5.37. The van der Waals surface area contributed by atoms with Crippen LogP contribution in [0.1, 0.15) is 18.9 Å². The highest BCUT2D eigenvalue weighted by atomic mass is 35.5. The van der Waals surface area contributed by atoms with Crippen molar-refractivity contribution in [1.29, 1.82) is 0 Å². The first-order valence-corrected chi connectivity index (χ1v) is 7.96. The van der Waals surface area contributed by atoms with Crippen molar-refractivity contribution in [2.24, 2.45) is 0 Å². The average molecular weight is 357 g/mol. The summed E-state index contributed by atoms with van der Waals surface area (Å²) in [4.78, 5) is 30.1. The molecule has 2 rings (SSSR count). The number of pyridine rings is 1. The Bertz CT molecular complexity index is 515. The average Bonchev–Trinajstić information content (AvgIpc) is 2.57. The van der Waals surface area contributed by atoms with Gasteiger partial charge in [-0.1, -0.05) is 6.07 Å². The number of piperazine rings is 1. The smallest absolute Gasteiger partial charge is 0.240 e. The number of halogens is 1. The number of nitrogens with zero attached hydrogens (tertiary/aromatic N) is 2. The predicted octanol–water partition coefficient (Wildman–Crippen LogP) is 0.347. The summed E-state index contributed by atoms with van der Waals surface area (Å²) < 4.78 is 5.29. The molecule has 134 valence electrons. The molecule has 0 aromatic carbocycles. The summed E-state index contributed by atoms with van der Waals surface area (Å²) in [6, 6.07) is 3.26. The molecule has 2 N–H and O–H groups in total. The van der Waals surface area contributed by atoms with E-state index < -0.39 is 6.04 Å². The van der Waals surface area contributed by atoms with Gasteiger partial charge in [0.25, 0.3) is 0 Å². The Hall–Kier alpha value is -1.70. The van der Waals surface area contributed by atoms with Gasteiger partial charge in [0.1, 0.15) is 0 Å². The Morgan fingerprint density at radius 1 is 1.54 bits per heavy atom. The molecule has 0 aliphatic carbocycles. The predicted molar refractivity (Wildman–Crippen MR) is 92.8 cm³/mol. The van der Waals surface area contributed by atoms with E-state index in [0.717, 1.165) is 5.56 Å². The monoisotopic (exact) mass is 356 g/mol. The normalized spacial score (nSPS) is 17.3. The van der Waals surface area contributed by atoms with Gasteiger partial charge in [-0.15, -0.1) is 12.4 Å². The summed E-state index contributed by atoms with van der Waals surface area (Å²) in [6.07, 6.45) is 3.54. The Morgan fingerprint density at radius 2 is 2.38 bits per heavy atom. The fraction of sp³-hybridized carbons (Fsp3) is 0.562. The first-order chi connectivity index (χ1) is 11.2. The topological polar surface area (TPSA) is 83.6 Å². The van der Waals surface area contributed by atoms with Crippen molar-refractivity contribution in [2.45, 2.75) is 25.9 Å². The van der Waals surface area contributed by atoms with Crippen molar-refractivity contribution >= 4 is 24.2 Å². The second-order valence-electron chi connectivity index (χ2n) is 5.37. The molecule has 1 aromatic heterocycles. The summed E-state index contributed by atoms with van der Waals surface area (Å²) >= 11 is 0. The van der Waals surface area contributed by atoms with Crippen LogP contribution in [0.5, 0.6) is 0 Å². The van der Waals surface area contributed by atoms with Crippen molar-refractivity contribution in [3.05, 3.63) is 30.1 Å². The van der Waals surface area contributed by atoms with Gasteiger partial charge in [0.05, 0.1) is 19.1 Å². The largest absolute Gasteiger partial charge is 0.380 e. The van der Waals surface area contributed by atoms with Gasteiger partial charge in [-0.2, -0.15) is 0 Å². The summed E-state index contributed by atoms with van der Waals surface area (Å²) in [5, 5.41) is 5.93. The molecule has 1 fully saturated rings. The van der Waals surface area contributed by atoms with Crippen LogP contribution in [0.2, 0.25) is 0 Å². The zero-order valence-corrected chi connectivity index (χ0v) is 14.7. The van der Waals surface area contributed by atoms with E-state index in [0.29, 0.717) is 39.4 Å². The highest BCUT2D eigenvalue weighted by molar-refractivity contribution is 5.88. The number of carbonyl (C=O) groups excluding carboxylic acids is 2. The Morgan fingerprint density at radius 3 is 3.08 bits per heavy atom. The summed E-state index contributed by atoms with van der Waals surface area (Å²) in [7, 11) is 0. The lowest BCUT2D eigenvalue weighted by atomic mass is 10.1. The SMILES string of the molecule is CCOCCN1CCNC(CC(=O)NCc2cccnc2)C1=O.Cl. The van der Waals surface area contributed by atoms with Crippen LogP contribution >= 0.6 is 12.4 Å².